The summed E-state index contributed by atoms with van der Waals surface area (Å²) >= 11 is 0. The minimum absolute atomic E-state index is 0.00875. The van der Waals surface area contributed by atoms with E-state index in [-0.39, 0.29) is 12.1 Å². The summed E-state index contributed by atoms with van der Waals surface area (Å²) in [5, 5.41) is 0. The van der Waals surface area contributed by atoms with Crippen molar-refractivity contribution in [2.75, 3.05) is 32.8 Å². The van der Waals surface area contributed by atoms with Crippen molar-refractivity contribution in [1.82, 2.24) is 9.80 Å². The van der Waals surface area contributed by atoms with Crippen molar-refractivity contribution in [3.63, 3.8) is 0 Å². The summed E-state index contributed by atoms with van der Waals surface area (Å²) in [5.74, 6) is 0.311. The third-order valence-electron chi connectivity index (χ3n) is 4.10. The molecule has 0 spiro atoms. The minimum Gasteiger partial charge on any atom is -0.376 e. The Bertz CT molecular complexity index is 275. The van der Waals surface area contributed by atoms with Crippen LogP contribution in [0.15, 0.2) is 0 Å². The first-order chi connectivity index (χ1) is 8.68. The average Bonchev–Trinajstić information content (AvgIpc) is 2.66. The lowest BCUT2D eigenvalue weighted by atomic mass is 10.2. The summed E-state index contributed by atoms with van der Waals surface area (Å²) in [6, 6.07) is 0.00875. The van der Waals surface area contributed by atoms with Crippen LogP contribution in [0.2, 0.25) is 0 Å². The molecule has 2 fully saturated rings. The third kappa shape index (κ3) is 3.45. The van der Waals surface area contributed by atoms with Crippen LogP contribution in [0, 0.1) is 0 Å². The number of morpholine rings is 1. The molecule has 4 heteroatoms. The molecule has 0 aromatic carbocycles. The molecule has 0 aromatic heterocycles. The summed E-state index contributed by atoms with van der Waals surface area (Å²) in [6.07, 6.45) is 5.12. The van der Waals surface area contributed by atoms with Crippen molar-refractivity contribution < 1.29 is 9.53 Å². The Morgan fingerprint density at radius 3 is 2.44 bits per heavy atom. The van der Waals surface area contributed by atoms with Crippen molar-refractivity contribution >= 4 is 5.91 Å². The number of amides is 1. The average molecular weight is 254 g/mol. The van der Waals surface area contributed by atoms with E-state index in [1.54, 1.807) is 0 Å². The smallest absolute Gasteiger partial charge is 0.239 e. The Hall–Kier alpha value is -0.610. The van der Waals surface area contributed by atoms with E-state index in [9.17, 15) is 4.79 Å². The largest absolute Gasteiger partial charge is 0.376 e. The zero-order valence-corrected chi connectivity index (χ0v) is 11.7. The highest BCUT2D eigenvalue weighted by Crippen LogP contribution is 2.14. The maximum atomic E-state index is 12.5. The quantitative estimate of drug-likeness (QED) is 0.748. The van der Waals surface area contributed by atoms with E-state index in [0.29, 0.717) is 5.91 Å². The van der Waals surface area contributed by atoms with Crippen LogP contribution in [0.3, 0.4) is 0 Å². The van der Waals surface area contributed by atoms with E-state index in [2.05, 4.69) is 16.7 Å². The maximum Gasteiger partial charge on any atom is 0.239 e. The molecule has 2 atom stereocenters. The predicted molar refractivity (Wildman–Crippen MR) is 71.5 cm³/mol. The molecule has 104 valence electrons. The summed E-state index contributed by atoms with van der Waals surface area (Å²) in [4.78, 5) is 16.8. The van der Waals surface area contributed by atoms with E-state index in [0.717, 1.165) is 45.6 Å². The third-order valence-corrected chi connectivity index (χ3v) is 4.10. The number of hydrogen-bond donors (Lipinski definition) is 0. The van der Waals surface area contributed by atoms with Gasteiger partial charge in [-0.15, -0.1) is 0 Å². The SMILES string of the molecule is CC1CN(C(C)C(=O)N2CCCCCC2)CCO1. The summed E-state index contributed by atoms with van der Waals surface area (Å²) in [6.45, 7) is 8.53. The van der Waals surface area contributed by atoms with E-state index in [1.165, 1.54) is 12.8 Å². The Balaban J connectivity index is 1.90. The molecule has 0 aliphatic carbocycles. The first kappa shape index (κ1) is 13.8. The zero-order chi connectivity index (χ0) is 13.0. The molecular weight excluding hydrogens is 228 g/mol. The van der Waals surface area contributed by atoms with Crippen LogP contribution in [-0.2, 0) is 9.53 Å². The van der Waals surface area contributed by atoms with Gasteiger partial charge in [0.1, 0.15) is 0 Å². The second-order valence-electron chi connectivity index (χ2n) is 5.59. The van der Waals surface area contributed by atoms with Gasteiger partial charge < -0.3 is 9.64 Å². The predicted octanol–water partition coefficient (Wildman–Crippen LogP) is 1.50. The Morgan fingerprint density at radius 1 is 1.17 bits per heavy atom. The van der Waals surface area contributed by atoms with Crippen LogP contribution >= 0.6 is 0 Å². The first-order valence-corrected chi connectivity index (χ1v) is 7.33. The summed E-state index contributed by atoms with van der Waals surface area (Å²) in [5.41, 5.74) is 0. The number of carbonyl (C=O) groups is 1. The number of likely N-dealkylation sites (tertiary alicyclic amines) is 1. The fourth-order valence-electron chi connectivity index (χ4n) is 2.91. The second-order valence-corrected chi connectivity index (χ2v) is 5.59. The maximum absolute atomic E-state index is 12.5. The van der Waals surface area contributed by atoms with Gasteiger partial charge >= 0.3 is 0 Å². The molecule has 1 amide bonds. The van der Waals surface area contributed by atoms with Crippen molar-refractivity contribution in [2.45, 2.75) is 51.7 Å². The van der Waals surface area contributed by atoms with Gasteiger partial charge in [0.05, 0.1) is 18.8 Å². The van der Waals surface area contributed by atoms with E-state index >= 15 is 0 Å². The van der Waals surface area contributed by atoms with Gasteiger partial charge in [-0.3, -0.25) is 9.69 Å². The lowest BCUT2D eigenvalue weighted by Crippen LogP contribution is -2.52. The van der Waals surface area contributed by atoms with Crippen LogP contribution in [-0.4, -0.2) is 60.6 Å². The lowest BCUT2D eigenvalue weighted by molar-refractivity contribution is -0.139. The molecule has 4 nitrogen and oxygen atoms in total. The highest BCUT2D eigenvalue weighted by molar-refractivity contribution is 5.81. The summed E-state index contributed by atoms with van der Waals surface area (Å²) in [7, 11) is 0. The summed E-state index contributed by atoms with van der Waals surface area (Å²) < 4.78 is 5.54. The van der Waals surface area contributed by atoms with Gasteiger partial charge in [0.2, 0.25) is 5.91 Å². The number of nitrogens with zero attached hydrogens (tertiary/aromatic N) is 2. The van der Waals surface area contributed by atoms with Gasteiger partial charge in [0.25, 0.3) is 0 Å². The standard InChI is InChI=1S/C14H26N2O2/c1-12-11-16(9-10-18-12)13(2)14(17)15-7-5-3-4-6-8-15/h12-13H,3-11H2,1-2H3. The van der Waals surface area contributed by atoms with Gasteiger partial charge in [0.15, 0.2) is 0 Å². The Morgan fingerprint density at radius 2 is 1.83 bits per heavy atom. The number of carbonyl (C=O) groups excluding carboxylic acids is 1. The molecule has 0 aromatic rings. The van der Waals surface area contributed by atoms with Crippen LogP contribution in [0.1, 0.15) is 39.5 Å². The Kier molecular flexibility index (Phi) is 5.01. The number of ether oxygens (including phenoxy) is 1. The van der Waals surface area contributed by atoms with E-state index in [1.807, 2.05) is 6.92 Å². The molecule has 2 unspecified atom stereocenters. The molecule has 18 heavy (non-hydrogen) atoms. The molecular formula is C14H26N2O2. The topological polar surface area (TPSA) is 32.8 Å². The second kappa shape index (κ2) is 6.53. The molecule has 0 N–H and O–H groups in total. The molecule has 2 aliphatic rings. The van der Waals surface area contributed by atoms with Crippen molar-refractivity contribution in [1.29, 1.82) is 0 Å². The van der Waals surface area contributed by atoms with E-state index in [4.69, 9.17) is 4.74 Å². The highest BCUT2D eigenvalue weighted by Gasteiger charge is 2.29. The monoisotopic (exact) mass is 254 g/mol. The highest BCUT2D eigenvalue weighted by atomic mass is 16.5. The molecule has 2 rings (SSSR count). The van der Waals surface area contributed by atoms with Crippen molar-refractivity contribution in [2.24, 2.45) is 0 Å². The lowest BCUT2D eigenvalue weighted by Gasteiger charge is -2.36. The fraction of sp³-hybridized carbons (Fsp3) is 0.929. The fourth-order valence-corrected chi connectivity index (χ4v) is 2.91. The van der Waals surface area contributed by atoms with Gasteiger partial charge in [0, 0.05) is 26.2 Å². The minimum atomic E-state index is 0.00875. The molecule has 0 bridgehead atoms. The number of hydrogen-bond acceptors (Lipinski definition) is 3. The van der Waals surface area contributed by atoms with Crippen molar-refractivity contribution in [3.8, 4) is 0 Å². The Labute approximate surface area is 110 Å². The zero-order valence-electron chi connectivity index (χ0n) is 11.7. The molecule has 2 aliphatic heterocycles. The molecule has 2 heterocycles. The van der Waals surface area contributed by atoms with Crippen LogP contribution in [0.4, 0.5) is 0 Å². The molecule has 0 saturated carbocycles. The van der Waals surface area contributed by atoms with Crippen LogP contribution in [0.25, 0.3) is 0 Å². The normalized spacial score (nSPS) is 28.8. The molecule has 0 radical (unpaired) electrons. The van der Waals surface area contributed by atoms with Crippen molar-refractivity contribution in [3.05, 3.63) is 0 Å². The van der Waals surface area contributed by atoms with Gasteiger partial charge in [-0.2, -0.15) is 0 Å². The number of rotatable bonds is 2. The van der Waals surface area contributed by atoms with Gasteiger partial charge in [-0.25, -0.2) is 0 Å². The van der Waals surface area contributed by atoms with Gasteiger partial charge in [-0.05, 0) is 26.7 Å². The van der Waals surface area contributed by atoms with Gasteiger partial charge in [-0.1, -0.05) is 12.8 Å². The van der Waals surface area contributed by atoms with E-state index < -0.39 is 0 Å². The van der Waals surface area contributed by atoms with Crippen LogP contribution < -0.4 is 0 Å². The molecule has 2 saturated heterocycles. The first-order valence-electron chi connectivity index (χ1n) is 7.33. The van der Waals surface area contributed by atoms with Crippen LogP contribution in [0.5, 0.6) is 0 Å².